The highest BCUT2D eigenvalue weighted by molar-refractivity contribution is 7.60. The van der Waals surface area contributed by atoms with Gasteiger partial charge in [0.05, 0.1) is 0 Å². The van der Waals surface area contributed by atoms with E-state index in [0.717, 1.165) is 0 Å². The summed E-state index contributed by atoms with van der Waals surface area (Å²) in [4.78, 5) is 31.0. The lowest BCUT2D eigenvalue weighted by Gasteiger charge is -2.03. The van der Waals surface area contributed by atoms with Crippen LogP contribution in [0.4, 0.5) is 0 Å². The predicted octanol–water partition coefficient (Wildman–Crippen LogP) is 2.06. The molecular formula is C8H12O7P2S. The average Bonchev–Trinajstić information content (AvgIpc) is 2.26. The van der Waals surface area contributed by atoms with Crippen LogP contribution in [-0.4, -0.2) is 19.6 Å². The van der Waals surface area contributed by atoms with Gasteiger partial charge in [-0.1, -0.05) is 36.4 Å². The Morgan fingerprint density at radius 2 is 1.06 bits per heavy atom. The molecule has 10 heteroatoms. The van der Waals surface area contributed by atoms with Gasteiger partial charge in [0.2, 0.25) is 0 Å². The van der Waals surface area contributed by atoms with Crippen LogP contribution < -0.4 is 0 Å². The van der Waals surface area contributed by atoms with E-state index in [4.69, 9.17) is 19.6 Å². The van der Waals surface area contributed by atoms with Gasteiger partial charge in [-0.3, -0.25) is 0 Å². The quantitative estimate of drug-likeness (QED) is 0.616. The van der Waals surface area contributed by atoms with Gasteiger partial charge in [0.1, 0.15) is 0 Å². The summed E-state index contributed by atoms with van der Waals surface area (Å²) in [6.07, 6.45) is 0. The van der Waals surface area contributed by atoms with Crippen molar-refractivity contribution in [2.45, 2.75) is 0 Å². The second-order valence-electron chi connectivity index (χ2n) is 2.63. The molecule has 0 saturated heterocycles. The molecule has 0 aliphatic rings. The molecule has 18 heavy (non-hydrogen) atoms. The Morgan fingerprint density at radius 3 is 1.33 bits per heavy atom. The maximum atomic E-state index is 9.63. The molecule has 0 aliphatic heterocycles. The summed E-state index contributed by atoms with van der Waals surface area (Å²) in [5.74, 6) is 0. The molecule has 102 valence electrons. The van der Waals surface area contributed by atoms with Gasteiger partial charge in [-0.25, -0.2) is 9.13 Å². The second kappa shape index (κ2) is 8.53. The molecule has 1 rings (SSSR count). The van der Waals surface area contributed by atoms with Gasteiger partial charge < -0.3 is 19.6 Å². The van der Waals surface area contributed by atoms with E-state index >= 15 is 0 Å². The van der Waals surface area contributed by atoms with Crippen molar-refractivity contribution in [3.05, 3.63) is 47.2 Å². The van der Waals surface area contributed by atoms with Crippen molar-refractivity contribution in [1.82, 2.24) is 0 Å². The summed E-state index contributed by atoms with van der Waals surface area (Å²) in [6, 6.07) is 12.1. The summed E-state index contributed by atoms with van der Waals surface area (Å²) in [6.45, 7) is 0. The van der Waals surface area contributed by atoms with Gasteiger partial charge in [-0.2, -0.15) is 15.6 Å². The van der Waals surface area contributed by atoms with Gasteiger partial charge in [0, 0.05) is 0 Å². The maximum Gasteiger partial charge on any atom is 0.478 e. The Kier molecular flexibility index (Phi) is 8.26. The molecule has 0 aromatic carbocycles. The number of rotatable bonds is 2. The lowest BCUT2D eigenvalue weighted by atomic mass is 10.5. The van der Waals surface area contributed by atoms with E-state index in [-0.39, 0.29) is 0 Å². The van der Waals surface area contributed by atoms with Crippen LogP contribution in [0.15, 0.2) is 47.2 Å². The van der Waals surface area contributed by atoms with E-state index in [1.54, 1.807) is 11.3 Å². The van der Waals surface area contributed by atoms with Gasteiger partial charge >= 0.3 is 15.6 Å². The van der Waals surface area contributed by atoms with E-state index < -0.39 is 15.6 Å². The van der Waals surface area contributed by atoms with Crippen molar-refractivity contribution >= 4 is 27.0 Å². The van der Waals surface area contributed by atoms with Gasteiger partial charge in [0.15, 0.2) is 0 Å². The third-order valence-electron chi connectivity index (χ3n) is 1.08. The van der Waals surface area contributed by atoms with E-state index in [9.17, 15) is 9.13 Å². The first-order valence-corrected chi connectivity index (χ1v) is 8.34. The fourth-order valence-corrected chi connectivity index (χ4v) is 2.18. The third kappa shape index (κ3) is 15.4. The maximum absolute atomic E-state index is 9.63. The fraction of sp³-hybridized carbons (Fsp3) is 0. The zero-order valence-electron chi connectivity index (χ0n) is 8.94. The first-order valence-electron chi connectivity index (χ1n) is 4.34. The first kappa shape index (κ1) is 17.4. The van der Waals surface area contributed by atoms with Crippen LogP contribution in [0.1, 0.15) is 0 Å². The highest BCUT2D eigenvalue weighted by Gasteiger charge is 2.27. The Morgan fingerprint density at radius 1 is 0.722 bits per heavy atom. The minimum Gasteiger partial charge on any atom is -0.302 e. The standard InChI is InChI=1S/C8H8S.H4O7P2/c1-2-4-6-8-9-7-5-3-1;1-8(2,3)7-9(4,5)6/h1-8H;(H2,1,2,3)(H2,4,5,6). The molecule has 0 fully saturated rings. The molecule has 0 saturated carbocycles. The summed E-state index contributed by atoms with van der Waals surface area (Å²) in [5.41, 5.74) is 0. The SMILES string of the molecule is O=P(O)(O)OP(=O)(O)O.c1ccccsccc1. The minimum absolute atomic E-state index is 1.68. The lowest BCUT2D eigenvalue weighted by Crippen LogP contribution is -1.84. The average molecular weight is 314 g/mol. The molecule has 0 bridgehead atoms. The fourth-order valence-electron chi connectivity index (χ4n) is 0.622. The van der Waals surface area contributed by atoms with Crippen LogP contribution in [-0.2, 0) is 13.4 Å². The van der Waals surface area contributed by atoms with Gasteiger partial charge in [0.25, 0.3) is 0 Å². The predicted molar refractivity (Wildman–Crippen MR) is 67.1 cm³/mol. The molecule has 0 atom stereocenters. The lowest BCUT2D eigenvalue weighted by molar-refractivity contribution is 0.225. The van der Waals surface area contributed by atoms with Crippen LogP contribution in [0.5, 0.6) is 0 Å². The molecule has 0 aliphatic carbocycles. The molecule has 7 nitrogen and oxygen atoms in total. The molecule has 0 unspecified atom stereocenters. The first-order chi connectivity index (χ1) is 8.21. The van der Waals surface area contributed by atoms with Crippen molar-refractivity contribution in [2.75, 3.05) is 0 Å². The summed E-state index contributed by atoms with van der Waals surface area (Å²) < 4.78 is 22.2. The van der Waals surface area contributed by atoms with Crippen LogP contribution >= 0.6 is 27.0 Å². The zero-order chi connectivity index (χ0) is 14.1. The van der Waals surface area contributed by atoms with Gasteiger partial charge in [-0.05, 0) is 10.8 Å². The molecule has 0 spiro atoms. The van der Waals surface area contributed by atoms with Crippen molar-refractivity contribution in [3.63, 3.8) is 0 Å². The molecular weight excluding hydrogens is 302 g/mol. The zero-order valence-corrected chi connectivity index (χ0v) is 11.5. The van der Waals surface area contributed by atoms with Crippen molar-refractivity contribution in [3.8, 4) is 0 Å². The van der Waals surface area contributed by atoms with E-state index in [1.807, 2.05) is 47.2 Å². The topological polar surface area (TPSA) is 124 Å². The number of phosphoric acid groups is 2. The normalized spacial score (nSPS) is 10.9. The molecule has 1 aromatic heterocycles. The highest BCUT2D eigenvalue weighted by Crippen LogP contribution is 2.53. The minimum atomic E-state index is -5.05. The van der Waals surface area contributed by atoms with Crippen molar-refractivity contribution < 1.29 is 33.0 Å². The van der Waals surface area contributed by atoms with Crippen molar-refractivity contribution in [2.24, 2.45) is 0 Å². The molecule has 4 N–H and O–H groups in total. The summed E-state index contributed by atoms with van der Waals surface area (Å²) in [7, 11) is -10.1. The molecule has 1 aromatic rings. The Labute approximate surface area is 108 Å². The van der Waals surface area contributed by atoms with Crippen molar-refractivity contribution in [1.29, 1.82) is 0 Å². The van der Waals surface area contributed by atoms with Crippen LogP contribution in [0.3, 0.4) is 0 Å². The van der Waals surface area contributed by atoms with E-state index in [2.05, 4.69) is 4.31 Å². The largest absolute Gasteiger partial charge is 0.478 e. The molecule has 0 radical (unpaired) electrons. The van der Waals surface area contributed by atoms with Crippen LogP contribution in [0.2, 0.25) is 0 Å². The highest BCUT2D eigenvalue weighted by atomic mass is 32.1. The van der Waals surface area contributed by atoms with Gasteiger partial charge in [-0.15, -0.1) is 0 Å². The monoisotopic (exact) mass is 314 g/mol. The van der Waals surface area contributed by atoms with Crippen LogP contribution in [0.25, 0.3) is 0 Å². The van der Waals surface area contributed by atoms with E-state index in [0.29, 0.717) is 0 Å². The number of hydrogen-bond donors (Lipinski definition) is 4. The second-order valence-corrected chi connectivity index (χ2v) is 6.06. The Balaban J connectivity index is 0.000000321. The number of hydrogen-bond acceptors (Lipinski definition) is 4. The smallest absolute Gasteiger partial charge is 0.302 e. The Bertz CT molecular complexity index is 381. The Hall–Kier alpha value is -0.560. The summed E-state index contributed by atoms with van der Waals surface area (Å²) in [5, 5.41) is 4.08. The van der Waals surface area contributed by atoms with Crippen LogP contribution in [0, 0.1) is 0 Å². The molecule has 0 amide bonds. The molecule has 1 heterocycles. The summed E-state index contributed by atoms with van der Waals surface area (Å²) >= 11 is 1.68. The third-order valence-corrected chi connectivity index (χ3v) is 3.41. The van der Waals surface area contributed by atoms with E-state index in [1.165, 1.54) is 0 Å².